The van der Waals surface area contributed by atoms with Gasteiger partial charge in [0, 0.05) is 61.3 Å². The van der Waals surface area contributed by atoms with Crippen LogP contribution in [0.4, 0.5) is 41.6 Å². The molecule has 0 N–H and O–H groups in total. The number of fused-ring (bicyclic) bond motifs is 12. The van der Waals surface area contributed by atoms with E-state index < -0.39 is 11.7 Å². The average molecular weight is 1030 g/mol. The van der Waals surface area contributed by atoms with Crippen molar-refractivity contribution in [3.05, 3.63) is 270 Å². The second-order valence-electron chi connectivity index (χ2n) is 22.7. The SMILES string of the molecule is CC1(C)c2ccccc2-c2ccc(N(c3ccc(-c4ccc(N5c6ccc(-c7ccc8c(c7)c7ccccc7n8-c7ccccc7)cc6C6=CC=CCC65)cc4C(F)(F)F)cc3)c3ccc4c(c3)C(C)(C)c3ccccc3-4)cc21. The van der Waals surface area contributed by atoms with Crippen molar-refractivity contribution >= 4 is 55.8 Å². The van der Waals surface area contributed by atoms with Gasteiger partial charge < -0.3 is 14.4 Å². The van der Waals surface area contributed by atoms with Crippen molar-refractivity contribution in [2.45, 2.75) is 57.2 Å². The highest BCUT2D eigenvalue weighted by Crippen LogP contribution is 2.55. The zero-order valence-corrected chi connectivity index (χ0v) is 44.3. The summed E-state index contributed by atoms with van der Waals surface area (Å²) in [6, 6.07) is 75.2. The number of alkyl halides is 3. The lowest BCUT2D eigenvalue weighted by atomic mass is 9.82. The maximum Gasteiger partial charge on any atom is 0.417 e. The molecular formula is C73H54F3N3. The second-order valence-corrected chi connectivity index (χ2v) is 22.7. The summed E-state index contributed by atoms with van der Waals surface area (Å²) in [5.74, 6) is 0. The van der Waals surface area contributed by atoms with Crippen LogP contribution in [0.2, 0.25) is 0 Å². The number of anilines is 5. The Morgan fingerprint density at radius 1 is 0.443 bits per heavy atom. The third kappa shape index (κ3) is 7.13. The lowest BCUT2D eigenvalue weighted by Crippen LogP contribution is -2.27. The summed E-state index contributed by atoms with van der Waals surface area (Å²) in [5, 5.41) is 2.34. The van der Waals surface area contributed by atoms with Crippen LogP contribution in [0.5, 0.6) is 0 Å². The van der Waals surface area contributed by atoms with Gasteiger partial charge in [0.1, 0.15) is 0 Å². The minimum Gasteiger partial charge on any atom is -0.333 e. The average Bonchev–Trinajstić information content (AvgIpc) is 4.09. The highest BCUT2D eigenvalue weighted by Gasteiger charge is 2.41. The topological polar surface area (TPSA) is 11.4 Å². The molecule has 1 unspecified atom stereocenters. The molecule has 1 aromatic heterocycles. The van der Waals surface area contributed by atoms with Crippen LogP contribution in [0.3, 0.4) is 0 Å². The highest BCUT2D eigenvalue weighted by atomic mass is 19.4. The molecule has 382 valence electrons. The molecule has 3 aliphatic carbocycles. The Morgan fingerprint density at radius 3 is 1.68 bits per heavy atom. The van der Waals surface area contributed by atoms with Crippen LogP contribution in [0.25, 0.3) is 77.6 Å². The van der Waals surface area contributed by atoms with Gasteiger partial charge in [-0.3, -0.25) is 0 Å². The molecule has 0 amide bonds. The lowest BCUT2D eigenvalue weighted by molar-refractivity contribution is -0.137. The van der Waals surface area contributed by atoms with E-state index in [0.717, 1.165) is 67.1 Å². The Balaban J connectivity index is 0.800. The standard InChI is InChI=1S/C73H54F3N3/c1-71(2)62-22-12-8-18-54(62)56-36-33-50(42-64(56)71)77(51-34-37-57-55-19-9-13-23-63(55)72(3,4)65(57)43-51)49-30-26-45(27-31-49)53-35-32-52(44-66(53)73(74,75)76)79-68-25-15-11-21-59(68)61-41-47(29-39-70(61)79)46-28-38-69-60(40-46)58-20-10-14-24-67(58)78(69)48-16-6-5-7-17-48/h5-24,26-44,68H,25H2,1-4H3. The minimum atomic E-state index is -4.63. The quantitative estimate of drug-likeness (QED) is 0.158. The molecule has 4 aliphatic rings. The van der Waals surface area contributed by atoms with Crippen molar-refractivity contribution in [2.24, 2.45) is 0 Å². The predicted octanol–water partition coefficient (Wildman–Crippen LogP) is 20.1. The van der Waals surface area contributed by atoms with E-state index in [-0.39, 0.29) is 22.4 Å². The molecule has 11 aromatic rings. The number of benzene rings is 10. The summed E-state index contributed by atoms with van der Waals surface area (Å²) < 4.78 is 49.5. The molecule has 3 nitrogen and oxygen atoms in total. The number of aromatic nitrogens is 1. The van der Waals surface area contributed by atoms with Crippen LogP contribution >= 0.6 is 0 Å². The zero-order valence-electron chi connectivity index (χ0n) is 44.3. The van der Waals surface area contributed by atoms with Crippen LogP contribution in [-0.2, 0) is 17.0 Å². The molecule has 15 rings (SSSR count). The number of hydrogen-bond acceptors (Lipinski definition) is 2. The Bertz CT molecular complexity index is 4290. The number of halogens is 3. The van der Waals surface area contributed by atoms with E-state index in [2.05, 4.69) is 230 Å². The van der Waals surface area contributed by atoms with Gasteiger partial charge in [-0.1, -0.05) is 173 Å². The van der Waals surface area contributed by atoms with E-state index in [1.165, 1.54) is 56.0 Å². The number of nitrogens with zero attached hydrogens (tertiary/aromatic N) is 3. The van der Waals surface area contributed by atoms with Gasteiger partial charge in [-0.05, 0) is 170 Å². The molecule has 0 bridgehead atoms. The van der Waals surface area contributed by atoms with Crippen LogP contribution < -0.4 is 9.80 Å². The summed E-state index contributed by atoms with van der Waals surface area (Å²) >= 11 is 0. The third-order valence-electron chi connectivity index (χ3n) is 17.7. The Hall–Kier alpha value is -9.13. The molecule has 0 saturated carbocycles. The van der Waals surface area contributed by atoms with Gasteiger partial charge in [0.2, 0.25) is 0 Å². The molecule has 1 atom stereocenters. The van der Waals surface area contributed by atoms with Crippen molar-refractivity contribution in [3.8, 4) is 50.2 Å². The number of para-hydroxylation sites is 2. The molecule has 0 fully saturated rings. The molecular weight excluding hydrogens is 976 g/mol. The van der Waals surface area contributed by atoms with Crippen molar-refractivity contribution < 1.29 is 13.2 Å². The van der Waals surface area contributed by atoms with Crippen LogP contribution in [0.15, 0.2) is 237 Å². The molecule has 0 radical (unpaired) electrons. The van der Waals surface area contributed by atoms with Gasteiger partial charge in [0.15, 0.2) is 0 Å². The van der Waals surface area contributed by atoms with E-state index in [1.807, 2.05) is 36.4 Å². The van der Waals surface area contributed by atoms with Gasteiger partial charge in [0.05, 0.1) is 22.6 Å². The van der Waals surface area contributed by atoms with E-state index in [0.29, 0.717) is 17.7 Å². The summed E-state index contributed by atoms with van der Waals surface area (Å²) in [5.41, 5.74) is 21.4. The first-order valence-electron chi connectivity index (χ1n) is 27.3. The first-order chi connectivity index (χ1) is 38.3. The van der Waals surface area contributed by atoms with Gasteiger partial charge in [0.25, 0.3) is 0 Å². The maximum absolute atomic E-state index is 15.7. The van der Waals surface area contributed by atoms with Gasteiger partial charge in [-0.15, -0.1) is 0 Å². The predicted molar refractivity (Wildman–Crippen MR) is 321 cm³/mol. The summed E-state index contributed by atoms with van der Waals surface area (Å²) in [6.07, 6.45) is 2.35. The summed E-state index contributed by atoms with van der Waals surface area (Å²) in [4.78, 5) is 4.37. The first-order valence-corrected chi connectivity index (χ1v) is 27.3. The molecule has 0 spiro atoms. The fourth-order valence-electron chi connectivity index (χ4n) is 13.9. The second kappa shape index (κ2) is 17.2. The monoisotopic (exact) mass is 1030 g/mol. The smallest absolute Gasteiger partial charge is 0.333 e. The van der Waals surface area contributed by atoms with Crippen LogP contribution in [0, 0.1) is 0 Å². The zero-order chi connectivity index (χ0) is 53.5. The van der Waals surface area contributed by atoms with Crippen molar-refractivity contribution in [1.82, 2.24) is 4.57 Å². The summed E-state index contributed by atoms with van der Waals surface area (Å²) in [7, 11) is 0. The lowest BCUT2D eigenvalue weighted by Gasteiger charge is -2.30. The normalized spacial score (nSPS) is 16.1. The van der Waals surface area contributed by atoms with Crippen LogP contribution in [-0.4, -0.2) is 10.6 Å². The first kappa shape index (κ1) is 47.1. The molecule has 0 saturated heterocycles. The minimum absolute atomic E-state index is 0.140. The number of allylic oxidation sites excluding steroid dienone is 2. The fourth-order valence-corrected chi connectivity index (χ4v) is 13.9. The Morgan fingerprint density at radius 2 is 1.00 bits per heavy atom. The van der Waals surface area contributed by atoms with Gasteiger partial charge >= 0.3 is 6.18 Å². The van der Waals surface area contributed by atoms with Gasteiger partial charge in [-0.25, -0.2) is 0 Å². The molecule has 2 heterocycles. The van der Waals surface area contributed by atoms with E-state index in [4.69, 9.17) is 0 Å². The van der Waals surface area contributed by atoms with Crippen molar-refractivity contribution in [3.63, 3.8) is 0 Å². The molecule has 1 aliphatic heterocycles. The van der Waals surface area contributed by atoms with E-state index in [9.17, 15) is 0 Å². The largest absolute Gasteiger partial charge is 0.417 e. The Kier molecular flexibility index (Phi) is 10.2. The van der Waals surface area contributed by atoms with E-state index >= 15 is 13.2 Å². The summed E-state index contributed by atoms with van der Waals surface area (Å²) in [6.45, 7) is 9.14. The molecule has 10 aromatic carbocycles. The van der Waals surface area contributed by atoms with Gasteiger partial charge in [-0.2, -0.15) is 13.2 Å². The number of hydrogen-bond donors (Lipinski definition) is 0. The maximum atomic E-state index is 15.7. The van der Waals surface area contributed by atoms with Crippen molar-refractivity contribution in [1.29, 1.82) is 0 Å². The van der Waals surface area contributed by atoms with Crippen LogP contribution in [0.1, 0.15) is 67.5 Å². The fraction of sp³-hybridized carbons (Fsp3) is 0.123. The molecule has 6 heteroatoms. The highest BCUT2D eigenvalue weighted by molar-refractivity contribution is 6.10. The van der Waals surface area contributed by atoms with E-state index in [1.54, 1.807) is 6.07 Å². The third-order valence-corrected chi connectivity index (χ3v) is 17.7. The molecule has 79 heavy (non-hydrogen) atoms. The number of rotatable bonds is 7. The van der Waals surface area contributed by atoms with Crippen molar-refractivity contribution in [2.75, 3.05) is 9.80 Å². The Labute approximate surface area is 458 Å².